The van der Waals surface area contributed by atoms with Gasteiger partial charge in [-0.2, -0.15) is 0 Å². The third-order valence-electron chi connectivity index (χ3n) is 3.83. The maximum atomic E-state index is 11.8. The molecule has 6 heteroatoms. The summed E-state index contributed by atoms with van der Waals surface area (Å²) in [5.41, 5.74) is 0.0365. The van der Waals surface area contributed by atoms with Crippen molar-refractivity contribution in [2.24, 2.45) is 5.92 Å². The Hall–Kier alpha value is -1.56. The van der Waals surface area contributed by atoms with Gasteiger partial charge in [0, 0.05) is 11.0 Å². The number of aromatic hydroxyl groups is 1. The lowest BCUT2D eigenvalue weighted by Crippen LogP contribution is -2.33. The SMILES string of the molecule is O=C(COC(=O)c1cc(Br)ccc1O)NCC1CCCCC1. The molecule has 1 aromatic carbocycles. The molecule has 2 rings (SSSR count). The average molecular weight is 370 g/mol. The number of ether oxygens (including phenoxy) is 1. The first-order valence-electron chi connectivity index (χ1n) is 7.48. The molecular weight excluding hydrogens is 350 g/mol. The van der Waals surface area contributed by atoms with E-state index in [9.17, 15) is 14.7 Å². The van der Waals surface area contributed by atoms with E-state index >= 15 is 0 Å². The Morgan fingerprint density at radius 2 is 2.00 bits per heavy atom. The fraction of sp³-hybridized carbons (Fsp3) is 0.500. The molecule has 0 aliphatic heterocycles. The third kappa shape index (κ3) is 5.02. The highest BCUT2D eigenvalue weighted by Gasteiger charge is 2.17. The predicted molar refractivity (Wildman–Crippen MR) is 85.7 cm³/mol. The molecule has 1 aliphatic rings. The number of amides is 1. The van der Waals surface area contributed by atoms with E-state index in [1.165, 1.54) is 31.4 Å². The minimum atomic E-state index is -0.716. The Morgan fingerprint density at radius 3 is 2.73 bits per heavy atom. The van der Waals surface area contributed by atoms with Gasteiger partial charge in [0.05, 0.1) is 0 Å². The summed E-state index contributed by atoms with van der Waals surface area (Å²) in [6, 6.07) is 4.46. The first kappa shape index (κ1) is 16.8. The number of benzene rings is 1. The first-order valence-corrected chi connectivity index (χ1v) is 8.28. The Morgan fingerprint density at radius 1 is 1.27 bits per heavy atom. The molecule has 1 saturated carbocycles. The van der Waals surface area contributed by atoms with Crippen LogP contribution in [0.5, 0.6) is 5.75 Å². The zero-order chi connectivity index (χ0) is 15.9. The number of halogens is 1. The van der Waals surface area contributed by atoms with Gasteiger partial charge < -0.3 is 15.2 Å². The molecule has 1 aromatic rings. The van der Waals surface area contributed by atoms with Crippen LogP contribution in [0.2, 0.25) is 0 Å². The van der Waals surface area contributed by atoms with Gasteiger partial charge >= 0.3 is 5.97 Å². The topological polar surface area (TPSA) is 75.6 Å². The lowest BCUT2D eigenvalue weighted by Gasteiger charge is -2.21. The maximum Gasteiger partial charge on any atom is 0.342 e. The van der Waals surface area contributed by atoms with Gasteiger partial charge in [-0.15, -0.1) is 0 Å². The van der Waals surface area contributed by atoms with Gasteiger partial charge in [-0.3, -0.25) is 4.79 Å². The molecule has 22 heavy (non-hydrogen) atoms. The number of hydrogen-bond donors (Lipinski definition) is 2. The van der Waals surface area contributed by atoms with Crippen LogP contribution in [0, 0.1) is 5.92 Å². The highest BCUT2D eigenvalue weighted by Crippen LogP contribution is 2.23. The van der Waals surface area contributed by atoms with Gasteiger partial charge in [0.1, 0.15) is 11.3 Å². The van der Waals surface area contributed by atoms with E-state index in [1.54, 1.807) is 6.07 Å². The number of hydrogen-bond acceptors (Lipinski definition) is 4. The van der Waals surface area contributed by atoms with Crippen LogP contribution in [-0.2, 0) is 9.53 Å². The zero-order valence-electron chi connectivity index (χ0n) is 12.3. The van der Waals surface area contributed by atoms with Crippen LogP contribution >= 0.6 is 15.9 Å². The molecule has 2 N–H and O–H groups in total. The summed E-state index contributed by atoms with van der Waals surface area (Å²) in [7, 11) is 0. The minimum Gasteiger partial charge on any atom is -0.507 e. The summed E-state index contributed by atoms with van der Waals surface area (Å²) in [4.78, 5) is 23.6. The fourth-order valence-corrected chi connectivity index (χ4v) is 2.94. The molecule has 1 aliphatic carbocycles. The molecule has 0 spiro atoms. The van der Waals surface area contributed by atoms with Gasteiger partial charge in [0.15, 0.2) is 6.61 Å². The van der Waals surface area contributed by atoms with Gasteiger partial charge in [0.2, 0.25) is 0 Å². The van der Waals surface area contributed by atoms with Crippen LogP contribution in [0.25, 0.3) is 0 Å². The molecule has 0 radical (unpaired) electrons. The minimum absolute atomic E-state index is 0.0365. The number of nitrogens with one attached hydrogen (secondary N) is 1. The molecule has 0 aromatic heterocycles. The lowest BCUT2D eigenvalue weighted by molar-refractivity contribution is -0.124. The highest BCUT2D eigenvalue weighted by atomic mass is 79.9. The van der Waals surface area contributed by atoms with E-state index in [4.69, 9.17) is 4.74 Å². The van der Waals surface area contributed by atoms with Gasteiger partial charge in [0.25, 0.3) is 5.91 Å². The van der Waals surface area contributed by atoms with Crippen molar-refractivity contribution in [1.29, 1.82) is 0 Å². The lowest BCUT2D eigenvalue weighted by atomic mass is 9.89. The molecule has 0 unspecified atom stereocenters. The second kappa shape index (κ2) is 8.17. The predicted octanol–water partition coefficient (Wildman–Crippen LogP) is 3.01. The highest BCUT2D eigenvalue weighted by molar-refractivity contribution is 9.10. The van der Waals surface area contributed by atoms with Gasteiger partial charge in [-0.25, -0.2) is 4.79 Å². The normalized spacial score (nSPS) is 15.3. The maximum absolute atomic E-state index is 11.8. The smallest absolute Gasteiger partial charge is 0.342 e. The van der Waals surface area contributed by atoms with Crippen LogP contribution < -0.4 is 5.32 Å². The standard InChI is InChI=1S/C16H20BrNO4/c17-12-6-7-14(19)13(8-12)16(21)22-10-15(20)18-9-11-4-2-1-3-5-11/h6-8,11,19H,1-5,9-10H2,(H,18,20). The van der Waals surface area contributed by atoms with Crippen molar-refractivity contribution in [3.63, 3.8) is 0 Å². The zero-order valence-corrected chi connectivity index (χ0v) is 13.9. The molecule has 0 bridgehead atoms. The van der Waals surface area contributed by atoms with E-state index in [1.807, 2.05) is 0 Å². The second-order valence-corrected chi connectivity index (χ2v) is 6.46. The Kier molecular flexibility index (Phi) is 6.24. The molecule has 0 atom stereocenters. The summed E-state index contributed by atoms with van der Waals surface area (Å²) >= 11 is 3.22. The molecule has 1 amide bonds. The fourth-order valence-electron chi connectivity index (χ4n) is 2.58. The van der Waals surface area contributed by atoms with E-state index in [2.05, 4.69) is 21.2 Å². The molecule has 0 saturated heterocycles. The van der Waals surface area contributed by atoms with Crippen LogP contribution in [0.4, 0.5) is 0 Å². The first-order chi connectivity index (χ1) is 10.6. The van der Waals surface area contributed by atoms with Crippen molar-refractivity contribution in [3.05, 3.63) is 28.2 Å². The summed E-state index contributed by atoms with van der Waals surface area (Å²) < 4.78 is 5.59. The third-order valence-corrected chi connectivity index (χ3v) is 4.32. The molecule has 120 valence electrons. The van der Waals surface area contributed by atoms with Crippen molar-refractivity contribution >= 4 is 27.8 Å². The van der Waals surface area contributed by atoms with Crippen LogP contribution in [0.15, 0.2) is 22.7 Å². The number of carbonyl (C=O) groups excluding carboxylic acids is 2. The van der Waals surface area contributed by atoms with Crippen molar-refractivity contribution < 1.29 is 19.4 Å². The van der Waals surface area contributed by atoms with E-state index in [0.717, 1.165) is 12.8 Å². The van der Waals surface area contributed by atoms with Gasteiger partial charge in [-0.05, 0) is 37.0 Å². The Labute approximate surface area is 138 Å². The molecule has 1 fully saturated rings. The summed E-state index contributed by atoms with van der Waals surface area (Å²) in [6.07, 6.45) is 6.01. The molecular formula is C16H20BrNO4. The summed E-state index contributed by atoms with van der Waals surface area (Å²) in [5.74, 6) is -0.668. The van der Waals surface area contributed by atoms with Gasteiger partial charge in [-0.1, -0.05) is 35.2 Å². The molecule has 5 nitrogen and oxygen atoms in total. The molecule has 0 heterocycles. The van der Waals surface area contributed by atoms with Crippen LogP contribution in [0.3, 0.4) is 0 Å². The second-order valence-electron chi connectivity index (χ2n) is 5.55. The number of esters is 1. The van der Waals surface area contributed by atoms with Crippen molar-refractivity contribution in [1.82, 2.24) is 5.32 Å². The summed E-state index contributed by atoms with van der Waals surface area (Å²) in [6.45, 7) is 0.302. The summed E-state index contributed by atoms with van der Waals surface area (Å²) in [5, 5.41) is 12.4. The number of carbonyl (C=O) groups is 2. The van der Waals surface area contributed by atoms with E-state index < -0.39 is 5.97 Å². The van der Waals surface area contributed by atoms with E-state index in [-0.39, 0.29) is 23.8 Å². The number of rotatable bonds is 5. The van der Waals surface area contributed by atoms with E-state index in [0.29, 0.717) is 16.9 Å². The Bertz CT molecular complexity index is 541. The van der Waals surface area contributed by atoms with Crippen molar-refractivity contribution in [3.8, 4) is 5.75 Å². The largest absolute Gasteiger partial charge is 0.507 e. The quantitative estimate of drug-likeness (QED) is 0.782. The number of phenols is 1. The van der Waals surface area contributed by atoms with Crippen molar-refractivity contribution in [2.75, 3.05) is 13.2 Å². The average Bonchev–Trinajstić information content (AvgIpc) is 2.54. The Balaban J connectivity index is 1.75. The monoisotopic (exact) mass is 369 g/mol. The van der Waals surface area contributed by atoms with Crippen molar-refractivity contribution in [2.45, 2.75) is 32.1 Å². The number of phenolic OH excluding ortho intramolecular Hbond substituents is 1. The van der Waals surface area contributed by atoms with Crippen LogP contribution in [0.1, 0.15) is 42.5 Å². The van der Waals surface area contributed by atoms with Crippen LogP contribution in [-0.4, -0.2) is 30.1 Å².